The van der Waals surface area contributed by atoms with Gasteiger partial charge in [-0.3, -0.25) is 4.79 Å². The number of rotatable bonds is 4. The van der Waals surface area contributed by atoms with Crippen LogP contribution in [0.1, 0.15) is 42.6 Å². The molecule has 0 radical (unpaired) electrons. The maximum absolute atomic E-state index is 12.8. The fraction of sp³-hybridized carbons (Fsp3) is 0.450. The lowest BCUT2D eigenvalue weighted by molar-refractivity contribution is 0.0694. The third-order valence-electron chi connectivity index (χ3n) is 5.71. The molecular weight excluding hydrogens is 377 g/mol. The molecule has 2 aliphatic heterocycles. The summed E-state index contributed by atoms with van der Waals surface area (Å²) in [5, 5.41) is 19.5. The Hall–Kier alpha value is -2.58. The predicted molar refractivity (Wildman–Crippen MR) is 110 cm³/mol. The summed E-state index contributed by atoms with van der Waals surface area (Å²) in [7, 11) is 2.67. The van der Waals surface area contributed by atoms with Crippen molar-refractivity contribution in [2.45, 2.75) is 32.2 Å². The number of hydrogen-bond donors (Lipinski definition) is 1. The molecule has 1 aromatic heterocycles. The Morgan fingerprint density at radius 3 is 3.00 bits per heavy atom. The first-order chi connectivity index (χ1) is 13.4. The average Bonchev–Trinajstić information content (AvgIpc) is 3.12. The van der Waals surface area contributed by atoms with E-state index in [9.17, 15) is 14.7 Å². The van der Waals surface area contributed by atoms with Crippen molar-refractivity contribution in [2.24, 2.45) is 5.92 Å². The molecule has 0 aliphatic carbocycles. The van der Waals surface area contributed by atoms with Crippen LogP contribution in [0.3, 0.4) is 0 Å². The maximum atomic E-state index is 12.8. The zero-order chi connectivity index (χ0) is 20.0. The Morgan fingerprint density at radius 1 is 1.50 bits per heavy atom. The van der Waals surface area contributed by atoms with Gasteiger partial charge in [0.05, 0.1) is 28.7 Å². The van der Waals surface area contributed by atoms with Crippen LogP contribution < -0.4 is 20.4 Å². The fourth-order valence-corrected chi connectivity index (χ4v) is 4.76. The third-order valence-corrected chi connectivity index (χ3v) is 6.15. The van der Waals surface area contributed by atoms with Crippen molar-refractivity contribution < 1.29 is 14.6 Å². The van der Waals surface area contributed by atoms with Gasteiger partial charge >= 0.3 is 5.97 Å². The molecule has 1 saturated heterocycles. The number of aromatic nitrogens is 1. The average molecular weight is 399 g/mol. The molecule has 2 aliphatic rings. The van der Waals surface area contributed by atoms with Gasteiger partial charge in [0, 0.05) is 25.7 Å². The number of anilines is 1. The summed E-state index contributed by atoms with van der Waals surface area (Å²) < 4.78 is 7.95. The monoisotopic (exact) mass is 399 g/mol. The highest BCUT2D eigenvalue weighted by molar-refractivity contribution is 7.28. The zero-order valence-electron chi connectivity index (χ0n) is 15.6. The Morgan fingerprint density at radius 2 is 2.29 bits per heavy atom. The predicted octanol–water partition coefficient (Wildman–Crippen LogP) is 2.28. The van der Waals surface area contributed by atoms with Gasteiger partial charge in [0.2, 0.25) is 5.43 Å². The van der Waals surface area contributed by atoms with Crippen LogP contribution in [-0.4, -0.2) is 35.3 Å². The summed E-state index contributed by atoms with van der Waals surface area (Å²) in [4.78, 5) is 26.6. The summed E-state index contributed by atoms with van der Waals surface area (Å²) in [5.74, 6) is -0.105. The van der Waals surface area contributed by atoms with Gasteiger partial charge in [-0.2, -0.15) is 5.26 Å². The van der Waals surface area contributed by atoms with Gasteiger partial charge in [-0.1, -0.05) is 0 Å². The summed E-state index contributed by atoms with van der Waals surface area (Å²) >= 11 is 0. The lowest BCUT2D eigenvalue weighted by Gasteiger charge is -2.32. The minimum atomic E-state index is -1.22. The number of pyridine rings is 1. The van der Waals surface area contributed by atoms with Crippen LogP contribution in [0.25, 0.3) is 10.9 Å². The summed E-state index contributed by atoms with van der Waals surface area (Å²) in [6.07, 6.45) is 3.90. The smallest absolute Gasteiger partial charge is 0.341 e. The molecular formula is C20H22N3O4P. The van der Waals surface area contributed by atoms with E-state index in [-0.39, 0.29) is 11.6 Å². The molecule has 0 saturated carbocycles. The number of ether oxygens (including phenoxy) is 1. The summed E-state index contributed by atoms with van der Waals surface area (Å²) in [5.41, 5.74) is 0.902. The van der Waals surface area contributed by atoms with Gasteiger partial charge in [-0.25, -0.2) is 4.79 Å². The minimum Gasteiger partial charge on any atom is -0.487 e. The number of carboxylic acid groups (broad SMARTS) is 1. The second-order valence-electron chi connectivity index (χ2n) is 7.58. The lowest BCUT2D eigenvalue weighted by Crippen LogP contribution is -2.31. The van der Waals surface area contributed by atoms with E-state index >= 15 is 0 Å². The van der Waals surface area contributed by atoms with Crippen molar-refractivity contribution in [3.8, 4) is 11.8 Å². The molecule has 8 heteroatoms. The number of hydrogen-bond acceptors (Lipinski definition) is 5. The first-order valence-corrected chi connectivity index (χ1v) is 9.99. The molecule has 1 fully saturated rings. The summed E-state index contributed by atoms with van der Waals surface area (Å²) in [6, 6.07) is 3.90. The molecule has 0 spiro atoms. The highest BCUT2D eigenvalue weighted by atomic mass is 31.0. The van der Waals surface area contributed by atoms with E-state index in [2.05, 4.69) is 20.2 Å². The first-order valence-electron chi connectivity index (χ1n) is 9.41. The van der Waals surface area contributed by atoms with E-state index < -0.39 is 11.4 Å². The van der Waals surface area contributed by atoms with Gasteiger partial charge in [-0.15, -0.1) is 9.24 Å². The van der Waals surface area contributed by atoms with E-state index in [0.717, 1.165) is 36.9 Å². The Bertz CT molecular complexity index is 1070. The molecule has 1 N–H and O–H groups in total. The van der Waals surface area contributed by atoms with Crippen molar-refractivity contribution in [2.75, 3.05) is 24.6 Å². The molecule has 28 heavy (non-hydrogen) atoms. The molecule has 3 unspecified atom stereocenters. The van der Waals surface area contributed by atoms with Crippen LogP contribution in [0.5, 0.6) is 5.75 Å². The van der Waals surface area contributed by atoms with Gasteiger partial charge in [0.1, 0.15) is 12.2 Å². The van der Waals surface area contributed by atoms with Crippen LogP contribution in [0.4, 0.5) is 5.69 Å². The number of carbonyl (C=O) groups is 1. The van der Waals surface area contributed by atoms with E-state index in [4.69, 9.17) is 10.00 Å². The van der Waals surface area contributed by atoms with Crippen LogP contribution in [0.15, 0.2) is 17.1 Å². The highest BCUT2D eigenvalue weighted by Gasteiger charge is 2.31. The van der Waals surface area contributed by atoms with Crippen LogP contribution >= 0.6 is 9.24 Å². The van der Waals surface area contributed by atoms with Gasteiger partial charge in [-0.05, 0) is 37.1 Å². The molecule has 7 nitrogen and oxygen atoms in total. The number of aromatic carboxylic acids is 1. The topological polar surface area (TPSA) is 95.6 Å². The van der Waals surface area contributed by atoms with Crippen molar-refractivity contribution >= 4 is 37.1 Å². The van der Waals surface area contributed by atoms with E-state index in [1.54, 1.807) is 6.07 Å². The van der Waals surface area contributed by atoms with Crippen molar-refractivity contribution in [3.63, 3.8) is 0 Å². The molecule has 3 atom stereocenters. The lowest BCUT2D eigenvalue weighted by atomic mass is 10.0. The molecule has 0 amide bonds. The highest BCUT2D eigenvalue weighted by Crippen LogP contribution is 2.41. The molecule has 1 aromatic carbocycles. The standard InChI is InChI=1S/C20H22N3O4P/c1-11-10-27-19-16-13(18(24)14(20(25)26)9-23(11)16)7-15(28)17(19)22-6-4-12(8-22)3-2-5-21/h7,9,11-12H,2-4,6,8,10,28H2,1H3,(H,25,26). The van der Waals surface area contributed by atoms with Crippen LogP contribution in [0, 0.1) is 17.2 Å². The zero-order valence-corrected chi connectivity index (χ0v) is 16.8. The van der Waals surface area contributed by atoms with Gasteiger partial charge < -0.3 is 19.3 Å². The van der Waals surface area contributed by atoms with Crippen molar-refractivity contribution in [1.82, 2.24) is 4.57 Å². The van der Waals surface area contributed by atoms with E-state index in [0.29, 0.717) is 35.6 Å². The Labute approximate surface area is 164 Å². The second kappa shape index (κ2) is 7.10. The maximum Gasteiger partial charge on any atom is 0.341 e. The van der Waals surface area contributed by atoms with E-state index in [1.165, 1.54) is 6.20 Å². The number of benzene rings is 1. The molecule has 0 bridgehead atoms. The third kappa shape index (κ3) is 2.93. The number of nitrogens with zero attached hydrogens (tertiary/aromatic N) is 3. The van der Waals surface area contributed by atoms with E-state index in [1.807, 2.05) is 11.5 Å². The molecule has 146 valence electrons. The van der Waals surface area contributed by atoms with Crippen LogP contribution in [0.2, 0.25) is 0 Å². The normalized spacial score (nSPS) is 20.8. The molecule has 3 heterocycles. The molecule has 2 aromatic rings. The summed E-state index contributed by atoms with van der Waals surface area (Å²) in [6.45, 7) is 4.07. The van der Waals surface area contributed by atoms with Gasteiger partial charge in [0.15, 0.2) is 5.75 Å². The van der Waals surface area contributed by atoms with Crippen molar-refractivity contribution in [3.05, 3.63) is 28.0 Å². The quantitative estimate of drug-likeness (QED) is 0.793. The van der Waals surface area contributed by atoms with Crippen LogP contribution in [-0.2, 0) is 0 Å². The SMILES string of the molecule is CC1COc2c(N3CCC(CCC#N)C3)c(P)cc3c(=O)c(C(=O)O)cn1c23. The Kier molecular flexibility index (Phi) is 4.76. The Balaban J connectivity index is 1.88. The first kappa shape index (κ1) is 18.8. The minimum absolute atomic E-state index is 0.0705. The van der Waals surface area contributed by atoms with Gasteiger partial charge in [0.25, 0.3) is 0 Å². The second-order valence-corrected chi connectivity index (χ2v) is 8.20. The molecule has 4 rings (SSSR count). The fourth-order valence-electron chi connectivity index (χ4n) is 4.28. The van der Waals surface area contributed by atoms with Crippen molar-refractivity contribution in [1.29, 1.82) is 5.26 Å². The largest absolute Gasteiger partial charge is 0.487 e. The number of carboxylic acids is 1. The number of nitriles is 1.